The first kappa shape index (κ1) is 16.0. The summed E-state index contributed by atoms with van der Waals surface area (Å²) in [6.07, 6.45) is 5.79. The molecule has 0 aromatic heterocycles. The summed E-state index contributed by atoms with van der Waals surface area (Å²) >= 11 is 0. The van der Waals surface area contributed by atoms with Gasteiger partial charge in [-0.2, -0.15) is 0 Å². The molecular formula is C14H29NO2S. The van der Waals surface area contributed by atoms with Crippen molar-refractivity contribution >= 4 is 9.84 Å². The van der Waals surface area contributed by atoms with Gasteiger partial charge in [-0.3, -0.25) is 0 Å². The summed E-state index contributed by atoms with van der Waals surface area (Å²) in [5, 5.41) is 3.54. The number of hydrogen-bond donors (Lipinski definition) is 1. The molecule has 0 saturated heterocycles. The van der Waals surface area contributed by atoms with E-state index < -0.39 is 9.84 Å². The van der Waals surface area contributed by atoms with E-state index >= 15 is 0 Å². The average Bonchev–Trinajstić information content (AvgIpc) is 2.97. The van der Waals surface area contributed by atoms with Crippen molar-refractivity contribution in [2.24, 2.45) is 17.3 Å². The molecule has 1 unspecified atom stereocenters. The molecule has 1 fully saturated rings. The van der Waals surface area contributed by atoms with Crippen molar-refractivity contribution in [1.29, 1.82) is 0 Å². The Morgan fingerprint density at radius 3 is 2.39 bits per heavy atom. The summed E-state index contributed by atoms with van der Waals surface area (Å²) in [5.41, 5.74) is 0.291. The van der Waals surface area contributed by atoms with Crippen LogP contribution in [0, 0.1) is 17.3 Å². The predicted molar refractivity (Wildman–Crippen MR) is 77.5 cm³/mol. The Morgan fingerprint density at radius 1 is 1.33 bits per heavy atom. The van der Waals surface area contributed by atoms with Crippen LogP contribution in [0.1, 0.15) is 46.5 Å². The van der Waals surface area contributed by atoms with Crippen molar-refractivity contribution in [1.82, 2.24) is 5.32 Å². The lowest BCUT2D eigenvalue weighted by molar-refractivity contribution is 0.231. The molecule has 1 aliphatic rings. The molecule has 0 amide bonds. The van der Waals surface area contributed by atoms with Crippen LogP contribution in [0.25, 0.3) is 0 Å². The Balaban J connectivity index is 2.37. The van der Waals surface area contributed by atoms with Crippen molar-refractivity contribution in [3.63, 3.8) is 0 Å². The van der Waals surface area contributed by atoms with E-state index in [1.807, 2.05) is 0 Å². The van der Waals surface area contributed by atoms with Crippen LogP contribution in [0.5, 0.6) is 0 Å². The third-order valence-corrected chi connectivity index (χ3v) is 4.94. The number of sulfone groups is 1. The third kappa shape index (κ3) is 6.19. The lowest BCUT2D eigenvalue weighted by Gasteiger charge is -2.30. The maximum absolute atomic E-state index is 11.2. The van der Waals surface area contributed by atoms with E-state index in [9.17, 15) is 8.42 Å². The molecule has 108 valence electrons. The Kier molecular flexibility index (Phi) is 5.66. The molecule has 1 atom stereocenters. The Bertz CT molecular complexity index is 347. The van der Waals surface area contributed by atoms with Gasteiger partial charge in [0.25, 0.3) is 0 Å². The highest BCUT2D eigenvalue weighted by atomic mass is 32.2. The molecule has 0 aliphatic heterocycles. The van der Waals surface area contributed by atoms with E-state index in [1.54, 1.807) is 0 Å². The first-order valence-corrected chi connectivity index (χ1v) is 9.17. The third-order valence-electron chi connectivity index (χ3n) is 3.91. The lowest BCUT2D eigenvalue weighted by atomic mass is 9.80. The monoisotopic (exact) mass is 275 g/mol. The predicted octanol–water partition coefficient (Wildman–Crippen LogP) is 2.47. The zero-order valence-corrected chi connectivity index (χ0v) is 13.1. The quantitative estimate of drug-likeness (QED) is 0.703. The highest BCUT2D eigenvalue weighted by Gasteiger charge is 2.40. The first-order valence-electron chi connectivity index (χ1n) is 7.11. The van der Waals surface area contributed by atoms with Crippen LogP contribution in [0.15, 0.2) is 0 Å². The van der Waals surface area contributed by atoms with Crippen molar-refractivity contribution in [3.8, 4) is 0 Å². The Morgan fingerprint density at radius 2 is 1.94 bits per heavy atom. The standard InChI is InChI=1S/C14H29NO2S/c1-12(2)10-15-11-14(3,13-6-7-13)8-5-9-18(4,16)17/h12-13,15H,5-11H2,1-4H3. The first-order chi connectivity index (χ1) is 8.23. The molecular weight excluding hydrogens is 246 g/mol. The maximum Gasteiger partial charge on any atom is 0.147 e. The molecule has 1 rings (SSSR count). The van der Waals surface area contributed by atoms with Crippen LogP contribution in [-0.2, 0) is 9.84 Å². The van der Waals surface area contributed by atoms with E-state index in [4.69, 9.17) is 0 Å². The summed E-state index contributed by atoms with van der Waals surface area (Å²) < 4.78 is 22.4. The van der Waals surface area contributed by atoms with Crippen molar-refractivity contribution in [3.05, 3.63) is 0 Å². The van der Waals surface area contributed by atoms with Gasteiger partial charge in [-0.05, 0) is 49.5 Å². The van der Waals surface area contributed by atoms with E-state index in [0.29, 0.717) is 17.1 Å². The maximum atomic E-state index is 11.2. The minimum Gasteiger partial charge on any atom is -0.316 e. The minimum absolute atomic E-state index is 0.291. The van der Waals surface area contributed by atoms with Crippen LogP contribution in [0.2, 0.25) is 0 Å². The molecule has 0 bridgehead atoms. The van der Waals surface area contributed by atoms with Gasteiger partial charge in [0.05, 0.1) is 0 Å². The summed E-state index contributed by atoms with van der Waals surface area (Å²) in [6, 6.07) is 0. The van der Waals surface area contributed by atoms with Gasteiger partial charge in [0.15, 0.2) is 0 Å². The topological polar surface area (TPSA) is 46.2 Å². The second-order valence-corrected chi connectivity index (χ2v) is 8.95. The zero-order chi connectivity index (χ0) is 13.8. The zero-order valence-electron chi connectivity index (χ0n) is 12.3. The van der Waals surface area contributed by atoms with Gasteiger partial charge in [0.1, 0.15) is 9.84 Å². The molecule has 4 heteroatoms. The highest BCUT2D eigenvalue weighted by Crippen LogP contribution is 2.47. The van der Waals surface area contributed by atoms with Gasteiger partial charge in [-0.15, -0.1) is 0 Å². The van der Waals surface area contributed by atoms with Gasteiger partial charge < -0.3 is 5.32 Å². The molecule has 0 heterocycles. The van der Waals surface area contributed by atoms with Gasteiger partial charge in [-0.25, -0.2) is 8.42 Å². The fraction of sp³-hybridized carbons (Fsp3) is 1.00. The van der Waals surface area contributed by atoms with Crippen LogP contribution in [0.4, 0.5) is 0 Å². The number of nitrogens with one attached hydrogen (secondary N) is 1. The molecule has 0 radical (unpaired) electrons. The molecule has 0 spiro atoms. The van der Waals surface area contributed by atoms with Gasteiger partial charge in [0.2, 0.25) is 0 Å². The lowest BCUT2D eigenvalue weighted by Crippen LogP contribution is -2.35. The normalized spacial score (nSPS) is 20.1. The van der Waals surface area contributed by atoms with Crippen LogP contribution in [-0.4, -0.2) is 33.5 Å². The van der Waals surface area contributed by atoms with E-state index in [1.165, 1.54) is 19.1 Å². The average molecular weight is 275 g/mol. The van der Waals surface area contributed by atoms with Crippen molar-refractivity contribution in [2.45, 2.75) is 46.5 Å². The van der Waals surface area contributed by atoms with E-state index in [2.05, 4.69) is 26.1 Å². The van der Waals surface area contributed by atoms with Gasteiger partial charge >= 0.3 is 0 Å². The molecule has 1 N–H and O–H groups in total. The highest BCUT2D eigenvalue weighted by molar-refractivity contribution is 7.90. The van der Waals surface area contributed by atoms with Gasteiger partial charge in [-0.1, -0.05) is 20.8 Å². The molecule has 18 heavy (non-hydrogen) atoms. The fourth-order valence-corrected chi connectivity index (χ4v) is 3.27. The van der Waals surface area contributed by atoms with Crippen molar-refractivity contribution in [2.75, 3.05) is 25.1 Å². The smallest absolute Gasteiger partial charge is 0.147 e. The van der Waals surface area contributed by atoms with Crippen LogP contribution in [0.3, 0.4) is 0 Å². The van der Waals surface area contributed by atoms with Crippen LogP contribution >= 0.6 is 0 Å². The second kappa shape index (κ2) is 6.38. The summed E-state index contributed by atoms with van der Waals surface area (Å²) in [4.78, 5) is 0. The molecule has 1 saturated carbocycles. The van der Waals surface area contributed by atoms with E-state index in [-0.39, 0.29) is 0 Å². The molecule has 3 nitrogen and oxygen atoms in total. The van der Waals surface area contributed by atoms with Gasteiger partial charge in [0, 0.05) is 18.6 Å². The number of rotatable bonds is 9. The molecule has 0 aromatic carbocycles. The second-order valence-electron chi connectivity index (χ2n) is 6.69. The summed E-state index contributed by atoms with van der Waals surface area (Å²) in [6.45, 7) is 8.82. The largest absolute Gasteiger partial charge is 0.316 e. The minimum atomic E-state index is -2.81. The summed E-state index contributed by atoms with van der Waals surface area (Å²) in [7, 11) is -2.81. The fourth-order valence-electron chi connectivity index (χ4n) is 2.60. The Hall–Kier alpha value is -0.0900. The summed E-state index contributed by atoms with van der Waals surface area (Å²) in [5.74, 6) is 1.81. The Labute approximate surface area is 113 Å². The molecule has 0 aromatic rings. The van der Waals surface area contributed by atoms with E-state index in [0.717, 1.165) is 31.8 Å². The number of hydrogen-bond acceptors (Lipinski definition) is 3. The van der Waals surface area contributed by atoms with Crippen LogP contribution < -0.4 is 5.32 Å². The SMILES string of the molecule is CC(C)CNCC(C)(CCCS(C)(=O)=O)C1CC1. The van der Waals surface area contributed by atoms with Crippen molar-refractivity contribution < 1.29 is 8.42 Å². The molecule has 1 aliphatic carbocycles.